The fourth-order valence-corrected chi connectivity index (χ4v) is 3.99. The number of aliphatic hydroxyl groups excluding tert-OH is 1. The first-order valence-corrected chi connectivity index (χ1v) is 10.0. The Labute approximate surface area is 180 Å². The third-order valence-corrected chi connectivity index (χ3v) is 6.04. The van der Waals surface area contributed by atoms with Crippen LogP contribution in [0.4, 0.5) is 11.6 Å². The number of anilines is 2. The Kier molecular flexibility index (Phi) is 5.77. The Bertz CT molecular complexity index is 1090. The van der Waals surface area contributed by atoms with Crippen molar-refractivity contribution in [2.45, 2.75) is 19.4 Å². The number of fused-ring (bicyclic) bond motifs is 1. The third-order valence-electron chi connectivity index (χ3n) is 4.15. The van der Waals surface area contributed by atoms with E-state index in [1.54, 1.807) is 19.9 Å². The second kappa shape index (κ2) is 7.83. The van der Waals surface area contributed by atoms with Crippen molar-refractivity contribution in [3.63, 3.8) is 0 Å². The van der Waals surface area contributed by atoms with Gasteiger partial charge in [0.25, 0.3) is 5.91 Å². The molecule has 0 unspecified atom stereocenters. The molecule has 3 rings (SSSR count). The van der Waals surface area contributed by atoms with Crippen molar-refractivity contribution >= 4 is 62.3 Å². The number of carbonyl (C=O) groups excluding carboxylic acids is 1. The van der Waals surface area contributed by atoms with Crippen molar-refractivity contribution < 1.29 is 15.0 Å². The summed E-state index contributed by atoms with van der Waals surface area (Å²) in [6, 6.07) is 2.96. The Morgan fingerprint density at radius 3 is 2.59 bits per heavy atom. The SMILES string of the molecule is CNC(=O)c1sc2nc(NC(C)(C)CO)nc(-c3cc(O)c(Cl)c(Cl)c3)c2c1N. The van der Waals surface area contributed by atoms with Crippen LogP contribution in [0.1, 0.15) is 23.5 Å². The van der Waals surface area contributed by atoms with E-state index in [4.69, 9.17) is 28.9 Å². The summed E-state index contributed by atoms with van der Waals surface area (Å²) in [5.41, 5.74) is 6.58. The van der Waals surface area contributed by atoms with Crippen LogP contribution in [0.2, 0.25) is 10.0 Å². The molecular formula is C18H19Cl2N5O3S. The largest absolute Gasteiger partial charge is 0.506 e. The molecule has 0 fully saturated rings. The molecule has 0 spiro atoms. The van der Waals surface area contributed by atoms with Crippen LogP contribution in [0.15, 0.2) is 12.1 Å². The lowest BCUT2D eigenvalue weighted by atomic mass is 10.1. The van der Waals surface area contributed by atoms with Crippen molar-refractivity contribution in [2.75, 3.05) is 24.7 Å². The summed E-state index contributed by atoms with van der Waals surface area (Å²) in [6.07, 6.45) is 0. The molecule has 8 nitrogen and oxygen atoms in total. The highest BCUT2D eigenvalue weighted by Gasteiger charge is 2.24. The molecule has 0 aliphatic heterocycles. The predicted octanol–water partition coefficient (Wildman–Crippen LogP) is 3.50. The van der Waals surface area contributed by atoms with Crippen molar-refractivity contribution in [3.05, 3.63) is 27.1 Å². The molecule has 11 heteroatoms. The van der Waals surface area contributed by atoms with Crippen molar-refractivity contribution in [1.82, 2.24) is 15.3 Å². The molecule has 0 aliphatic carbocycles. The van der Waals surface area contributed by atoms with Crippen LogP contribution < -0.4 is 16.4 Å². The number of phenolic OH excluding ortho intramolecular Hbond substituents is 1. The van der Waals surface area contributed by atoms with E-state index in [1.807, 2.05) is 0 Å². The van der Waals surface area contributed by atoms with Gasteiger partial charge in [0.2, 0.25) is 5.95 Å². The Morgan fingerprint density at radius 1 is 1.31 bits per heavy atom. The number of nitrogens with two attached hydrogens (primary N) is 1. The van der Waals surface area contributed by atoms with Gasteiger partial charge in [-0.15, -0.1) is 11.3 Å². The molecule has 2 aromatic heterocycles. The van der Waals surface area contributed by atoms with Crippen LogP contribution >= 0.6 is 34.5 Å². The van der Waals surface area contributed by atoms with Gasteiger partial charge in [0.1, 0.15) is 20.5 Å². The number of aliphatic hydroxyl groups is 1. The van der Waals surface area contributed by atoms with E-state index in [0.717, 1.165) is 11.3 Å². The number of hydrogen-bond donors (Lipinski definition) is 5. The zero-order valence-electron chi connectivity index (χ0n) is 15.8. The summed E-state index contributed by atoms with van der Waals surface area (Å²) in [5, 5.41) is 25.9. The standard InChI is InChI=1S/C18H19Cl2N5O3S/c1-18(2,6-26)25-17-23-13(7-4-8(19)11(20)9(27)5-7)10-12(21)14(15(28)22-3)29-16(10)24-17/h4-5,26-27H,6,21H2,1-3H3,(H,22,28)(H,23,24,25). The average molecular weight is 456 g/mol. The highest BCUT2D eigenvalue weighted by molar-refractivity contribution is 7.21. The van der Waals surface area contributed by atoms with Gasteiger partial charge in [-0.1, -0.05) is 23.2 Å². The van der Waals surface area contributed by atoms with E-state index in [1.165, 1.54) is 13.1 Å². The minimum atomic E-state index is -0.697. The fraction of sp³-hybridized carbons (Fsp3) is 0.278. The number of rotatable bonds is 5. The lowest BCUT2D eigenvalue weighted by Crippen LogP contribution is -2.35. The van der Waals surface area contributed by atoms with E-state index in [0.29, 0.717) is 26.4 Å². The van der Waals surface area contributed by atoms with E-state index in [9.17, 15) is 15.0 Å². The lowest BCUT2D eigenvalue weighted by Gasteiger charge is -2.23. The van der Waals surface area contributed by atoms with Crippen molar-refractivity contribution in [1.29, 1.82) is 0 Å². The minimum Gasteiger partial charge on any atom is -0.506 e. The van der Waals surface area contributed by atoms with E-state index < -0.39 is 5.54 Å². The molecule has 0 aliphatic rings. The molecule has 0 bridgehead atoms. The summed E-state index contributed by atoms with van der Waals surface area (Å²) in [4.78, 5) is 21.9. The molecule has 0 radical (unpaired) electrons. The van der Waals surface area contributed by atoms with Crippen LogP contribution in [-0.2, 0) is 0 Å². The maximum Gasteiger partial charge on any atom is 0.263 e. The van der Waals surface area contributed by atoms with E-state index in [2.05, 4.69) is 20.6 Å². The van der Waals surface area contributed by atoms with Gasteiger partial charge in [0.15, 0.2) is 0 Å². The summed E-state index contributed by atoms with van der Waals surface area (Å²) < 4.78 is 0. The first-order chi connectivity index (χ1) is 13.6. The first-order valence-electron chi connectivity index (χ1n) is 8.47. The number of nitrogens with one attached hydrogen (secondary N) is 2. The number of carbonyl (C=O) groups is 1. The van der Waals surface area contributed by atoms with Crippen molar-refractivity contribution in [2.24, 2.45) is 0 Å². The van der Waals surface area contributed by atoms with Gasteiger partial charge in [-0.3, -0.25) is 4.79 Å². The van der Waals surface area contributed by atoms with Crippen molar-refractivity contribution in [3.8, 4) is 17.0 Å². The summed E-state index contributed by atoms with van der Waals surface area (Å²) in [5.74, 6) is -0.341. The fourth-order valence-electron chi connectivity index (χ4n) is 2.62. The number of hydrogen-bond acceptors (Lipinski definition) is 8. The second-order valence-corrected chi connectivity index (χ2v) is 8.74. The number of amides is 1. The molecule has 0 atom stereocenters. The number of benzene rings is 1. The maximum atomic E-state index is 12.2. The monoisotopic (exact) mass is 455 g/mol. The van der Waals surface area contributed by atoms with Crippen LogP contribution in [0.5, 0.6) is 5.75 Å². The molecule has 29 heavy (non-hydrogen) atoms. The minimum absolute atomic E-state index is 0.0184. The average Bonchev–Trinajstić information content (AvgIpc) is 3.00. The summed E-state index contributed by atoms with van der Waals surface area (Å²) >= 11 is 13.2. The van der Waals surface area contributed by atoms with Crippen LogP contribution in [0, 0.1) is 0 Å². The molecule has 1 aromatic carbocycles. The van der Waals surface area contributed by atoms with Crippen LogP contribution in [0.25, 0.3) is 21.5 Å². The number of thiophene rings is 1. The normalized spacial score (nSPS) is 11.7. The molecule has 0 saturated carbocycles. The van der Waals surface area contributed by atoms with Gasteiger partial charge in [0.05, 0.1) is 33.9 Å². The van der Waals surface area contributed by atoms with E-state index in [-0.39, 0.29) is 39.9 Å². The predicted molar refractivity (Wildman–Crippen MR) is 117 cm³/mol. The smallest absolute Gasteiger partial charge is 0.263 e. The van der Waals surface area contributed by atoms with Gasteiger partial charge in [-0.25, -0.2) is 9.97 Å². The van der Waals surface area contributed by atoms with Gasteiger partial charge < -0.3 is 26.6 Å². The molecule has 1 amide bonds. The number of aromatic hydroxyl groups is 1. The van der Waals surface area contributed by atoms with E-state index >= 15 is 0 Å². The first kappa shape index (κ1) is 21.4. The zero-order chi connectivity index (χ0) is 21.5. The Morgan fingerprint density at radius 2 is 2.00 bits per heavy atom. The Hall–Kier alpha value is -2.33. The summed E-state index contributed by atoms with van der Waals surface area (Å²) in [6.45, 7) is 3.40. The number of phenols is 1. The molecule has 3 aromatic rings. The van der Waals surface area contributed by atoms with Gasteiger partial charge in [-0.2, -0.15) is 0 Å². The number of nitrogens with zero attached hydrogens (tertiary/aromatic N) is 2. The zero-order valence-corrected chi connectivity index (χ0v) is 18.1. The maximum absolute atomic E-state index is 12.2. The second-order valence-electron chi connectivity index (χ2n) is 6.96. The number of halogens is 2. The molecule has 154 valence electrons. The van der Waals surface area contributed by atoms with Gasteiger partial charge >= 0.3 is 0 Å². The molecule has 6 N–H and O–H groups in total. The van der Waals surface area contributed by atoms with Crippen LogP contribution in [-0.4, -0.2) is 45.3 Å². The highest BCUT2D eigenvalue weighted by Crippen LogP contribution is 2.42. The summed E-state index contributed by atoms with van der Waals surface area (Å²) in [7, 11) is 1.51. The van der Waals surface area contributed by atoms with Gasteiger partial charge in [-0.05, 0) is 26.0 Å². The third kappa shape index (κ3) is 4.04. The Balaban J connectivity index is 2.33. The van der Waals surface area contributed by atoms with Crippen LogP contribution in [0.3, 0.4) is 0 Å². The number of aromatic nitrogens is 2. The van der Waals surface area contributed by atoms with Gasteiger partial charge in [0, 0.05) is 12.6 Å². The number of nitrogen functional groups attached to an aromatic ring is 1. The molecular weight excluding hydrogens is 437 g/mol. The molecule has 2 heterocycles. The lowest BCUT2D eigenvalue weighted by molar-refractivity contribution is 0.0968. The highest BCUT2D eigenvalue weighted by atomic mass is 35.5. The molecule has 0 saturated heterocycles. The quantitative estimate of drug-likeness (QED) is 0.397. The topological polar surface area (TPSA) is 133 Å².